The molecule has 1 fully saturated rings. The Morgan fingerprint density at radius 1 is 0.762 bits per heavy atom. The smallest absolute Gasteiger partial charge is 0.207 e. The van der Waals surface area contributed by atoms with Crippen molar-refractivity contribution in [2.45, 2.75) is 24.9 Å². The molecule has 1 aliphatic carbocycles. The van der Waals surface area contributed by atoms with Crippen molar-refractivity contribution in [3.63, 3.8) is 0 Å². The van der Waals surface area contributed by atoms with Gasteiger partial charge in [-0.1, -0.05) is 48.6 Å². The molecule has 106 valence electrons. The molecule has 1 aliphatic heterocycles. The van der Waals surface area contributed by atoms with E-state index in [0.29, 0.717) is 12.1 Å². The topological polar surface area (TPSA) is 20.1 Å². The van der Waals surface area contributed by atoms with E-state index in [2.05, 4.69) is 16.8 Å². The molecule has 2 aliphatic rings. The quantitative estimate of drug-likeness (QED) is 0.492. The number of rotatable bonds is 3. The summed E-state index contributed by atoms with van der Waals surface area (Å²) in [5.41, 5.74) is 0. The molecule has 2 atom stereocenters. The van der Waals surface area contributed by atoms with Crippen molar-refractivity contribution in [2.75, 3.05) is 0 Å². The van der Waals surface area contributed by atoms with E-state index in [4.69, 9.17) is 0 Å². The Hall–Kier alpha value is -1.63. The molecule has 0 amide bonds. The number of benzene rings is 2. The van der Waals surface area contributed by atoms with Crippen LogP contribution >= 0.6 is 7.29 Å². The van der Waals surface area contributed by atoms with Crippen molar-refractivity contribution in [1.82, 2.24) is 4.67 Å². The van der Waals surface area contributed by atoms with Gasteiger partial charge in [-0.25, -0.2) is 4.67 Å². The molecule has 0 unspecified atom stereocenters. The SMILES string of the molecule is O=P(c1ccccc1)(c1ccccc1)N1[C@H]2CC=CC[C@@H]21. The van der Waals surface area contributed by atoms with Crippen molar-refractivity contribution >= 4 is 17.9 Å². The molecule has 1 saturated heterocycles. The van der Waals surface area contributed by atoms with Crippen molar-refractivity contribution in [1.29, 1.82) is 0 Å². The molecule has 1 heterocycles. The summed E-state index contributed by atoms with van der Waals surface area (Å²) in [6.45, 7) is 0. The van der Waals surface area contributed by atoms with Crippen LogP contribution in [0.15, 0.2) is 72.8 Å². The minimum Gasteiger partial charge on any atom is -0.296 e. The zero-order chi connectivity index (χ0) is 14.3. The van der Waals surface area contributed by atoms with Gasteiger partial charge >= 0.3 is 0 Å². The van der Waals surface area contributed by atoms with Gasteiger partial charge in [0.1, 0.15) is 0 Å². The molecular weight excluding hydrogens is 277 g/mol. The summed E-state index contributed by atoms with van der Waals surface area (Å²) < 4.78 is 16.3. The van der Waals surface area contributed by atoms with Crippen LogP contribution in [0.2, 0.25) is 0 Å². The summed E-state index contributed by atoms with van der Waals surface area (Å²) in [4.78, 5) is 0. The van der Waals surface area contributed by atoms with E-state index in [1.807, 2.05) is 60.7 Å². The highest BCUT2D eigenvalue weighted by Crippen LogP contribution is 2.60. The molecule has 0 radical (unpaired) electrons. The summed E-state index contributed by atoms with van der Waals surface area (Å²) in [5.74, 6) is 0. The minimum absolute atomic E-state index is 0.446. The third kappa shape index (κ3) is 2.02. The lowest BCUT2D eigenvalue weighted by Crippen LogP contribution is -2.23. The van der Waals surface area contributed by atoms with Crippen LogP contribution in [0.1, 0.15) is 12.8 Å². The van der Waals surface area contributed by atoms with E-state index in [0.717, 1.165) is 23.5 Å². The molecule has 4 rings (SSSR count). The second kappa shape index (κ2) is 4.98. The molecular formula is C18H18NOP. The van der Waals surface area contributed by atoms with Crippen LogP contribution in [0, 0.1) is 0 Å². The second-order valence-corrected chi connectivity index (χ2v) is 8.35. The number of hydrogen-bond acceptors (Lipinski definition) is 1. The number of fused-ring (bicyclic) bond motifs is 1. The first-order valence-corrected chi connectivity index (χ1v) is 9.13. The summed E-state index contributed by atoms with van der Waals surface area (Å²) in [6.07, 6.45) is 6.49. The van der Waals surface area contributed by atoms with E-state index in [1.54, 1.807) is 0 Å². The van der Waals surface area contributed by atoms with Crippen molar-refractivity contribution in [2.24, 2.45) is 0 Å². The van der Waals surface area contributed by atoms with Crippen LogP contribution < -0.4 is 10.6 Å². The average Bonchev–Trinajstić information content (AvgIpc) is 3.31. The fourth-order valence-corrected chi connectivity index (χ4v) is 6.67. The Kier molecular flexibility index (Phi) is 3.10. The Balaban J connectivity index is 1.83. The standard InChI is InChI=1S/C18H18NOP/c20-21(15-9-3-1-4-10-15,16-11-5-2-6-12-16)19-17-13-7-8-14-18(17)19/h1-12,17-18H,13-14H2/t17-,18-/m0/s1. The van der Waals surface area contributed by atoms with Crippen LogP contribution in [0.25, 0.3) is 0 Å². The summed E-state index contributed by atoms with van der Waals surface area (Å²) in [6, 6.07) is 20.8. The van der Waals surface area contributed by atoms with Crippen LogP contribution in [-0.4, -0.2) is 16.8 Å². The largest absolute Gasteiger partial charge is 0.296 e. The minimum atomic E-state index is -2.70. The number of hydrogen-bond donors (Lipinski definition) is 0. The Labute approximate surface area is 125 Å². The van der Waals surface area contributed by atoms with Gasteiger partial charge in [-0.2, -0.15) is 0 Å². The van der Waals surface area contributed by atoms with Gasteiger partial charge < -0.3 is 0 Å². The first-order chi connectivity index (χ1) is 10.3. The van der Waals surface area contributed by atoms with Gasteiger partial charge in [0.15, 0.2) is 0 Å². The zero-order valence-electron chi connectivity index (χ0n) is 11.8. The maximum Gasteiger partial charge on any atom is 0.207 e. The molecule has 0 N–H and O–H groups in total. The lowest BCUT2D eigenvalue weighted by Gasteiger charge is -2.21. The fourth-order valence-electron chi connectivity index (χ4n) is 3.42. The van der Waals surface area contributed by atoms with Crippen LogP contribution in [0.5, 0.6) is 0 Å². The normalized spacial score (nSPS) is 27.1. The maximum absolute atomic E-state index is 14.0. The average molecular weight is 295 g/mol. The maximum atomic E-state index is 14.0. The highest BCUT2D eigenvalue weighted by molar-refractivity contribution is 7.76. The highest BCUT2D eigenvalue weighted by atomic mass is 31.2. The first-order valence-electron chi connectivity index (χ1n) is 7.47. The molecule has 2 nitrogen and oxygen atoms in total. The van der Waals surface area contributed by atoms with Crippen molar-refractivity contribution < 1.29 is 4.57 Å². The van der Waals surface area contributed by atoms with E-state index < -0.39 is 7.29 Å². The molecule has 2 aromatic carbocycles. The van der Waals surface area contributed by atoms with E-state index in [1.165, 1.54) is 0 Å². The van der Waals surface area contributed by atoms with Gasteiger partial charge in [-0.3, -0.25) is 4.57 Å². The van der Waals surface area contributed by atoms with Gasteiger partial charge in [0, 0.05) is 22.7 Å². The van der Waals surface area contributed by atoms with Crippen LogP contribution in [0.3, 0.4) is 0 Å². The predicted molar refractivity (Wildman–Crippen MR) is 87.5 cm³/mol. The lowest BCUT2D eigenvalue weighted by atomic mass is 10.1. The van der Waals surface area contributed by atoms with Crippen LogP contribution in [-0.2, 0) is 4.57 Å². The Morgan fingerprint density at radius 3 is 1.62 bits per heavy atom. The predicted octanol–water partition coefficient (Wildman–Crippen LogP) is 3.32. The third-order valence-corrected chi connectivity index (χ3v) is 7.73. The summed E-state index contributed by atoms with van der Waals surface area (Å²) in [7, 11) is -2.70. The van der Waals surface area contributed by atoms with Crippen molar-refractivity contribution in [3.05, 3.63) is 72.8 Å². The van der Waals surface area contributed by atoms with Gasteiger partial charge in [0.2, 0.25) is 7.29 Å². The van der Waals surface area contributed by atoms with Gasteiger partial charge in [-0.15, -0.1) is 0 Å². The van der Waals surface area contributed by atoms with Crippen molar-refractivity contribution in [3.8, 4) is 0 Å². The zero-order valence-corrected chi connectivity index (χ0v) is 12.7. The van der Waals surface area contributed by atoms with Gasteiger partial charge in [-0.05, 0) is 37.1 Å². The van der Waals surface area contributed by atoms with Gasteiger partial charge in [0.25, 0.3) is 0 Å². The molecule has 3 heteroatoms. The summed E-state index contributed by atoms with van der Waals surface area (Å²) in [5, 5.41) is 1.90. The Bertz CT molecular complexity index is 653. The van der Waals surface area contributed by atoms with E-state index in [9.17, 15) is 4.57 Å². The summed E-state index contributed by atoms with van der Waals surface area (Å²) >= 11 is 0. The van der Waals surface area contributed by atoms with E-state index >= 15 is 0 Å². The second-order valence-electron chi connectivity index (χ2n) is 5.70. The Morgan fingerprint density at radius 2 is 1.19 bits per heavy atom. The molecule has 0 bridgehead atoms. The van der Waals surface area contributed by atoms with E-state index in [-0.39, 0.29) is 0 Å². The van der Waals surface area contributed by atoms with Gasteiger partial charge in [0.05, 0.1) is 0 Å². The number of nitrogens with zero attached hydrogens (tertiary/aromatic N) is 1. The molecule has 0 aromatic heterocycles. The molecule has 2 aromatic rings. The first kappa shape index (κ1) is 13.1. The fraction of sp³-hybridized carbons (Fsp3) is 0.222. The lowest BCUT2D eigenvalue weighted by molar-refractivity contribution is 0.553. The van der Waals surface area contributed by atoms with Crippen LogP contribution in [0.4, 0.5) is 0 Å². The molecule has 0 saturated carbocycles. The highest BCUT2D eigenvalue weighted by Gasteiger charge is 2.57. The molecule has 0 spiro atoms. The monoisotopic (exact) mass is 295 g/mol. The molecule has 21 heavy (non-hydrogen) atoms. The third-order valence-electron chi connectivity index (χ3n) is 4.49.